The molecule has 0 aliphatic carbocycles. The van der Waals surface area contributed by atoms with Gasteiger partial charge in [0.15, 0.2) is 6.10 Å². The lowest BCUT2D eigenvalue weighted by Crippen LogP contribution is -2.44. The normalized spacial score (nSPS) is 13.2. The van der Waals surface area contributed by atoms with Crippen LogP contribution in [-0.4, -0.2) is 28.1 Å². The van der Waals surface area contributed by atoms with E-state index in [-0.39, 0.29) is 17.5 Å². The van der Waals surface area contributed by atoms with Gasteiger partial charge in [0.05, 0.1) is 17.2 Å². The average molecular weight is 392 g/mol. The highest BCUT2D eigenvalue weighted by molar-refractivity contribution is 5.87. The number of carbonyl (C=O) groups is 2. The number of hydrogen-bond donors (Lipinski definition) is 3. The Labute approximate surface area is 157 Å². The Morgan fingerprint density at radius 2 is 1.71 bits per heavy atom. The maximum atomic E-state index is 12.6. The van der Waals surface area contributed by atoms with Gasteiger partial charge in [0.1, 0.15) is 6.04 Å². The summed E-state index contributed by atoms with van der Waals surface area (Å²) in [4.78, 5) is 23.6. The van der Waals surface area contributed by atoms with Crippen molar-refractivity contribution >= 4 is 11.9 Å². The summed E-state index contributed by atoms with van der Waals surface area (Å²) in [7, 11) is 0. The Kier molecular flexibility index (Phi) is 6.38. The van der Waals surface area contributed by atoms with Crippen LogP contribution in [0.5, 0.6) is 0 Å². The van der Waals surface area contributed by atoms with E-state index in [1.807, 2.05) is 6.07 Å². The molecule has 2 atom stereocenters. The zero-order chi connectivity index (χ0) is 20.9. The highest BCUT2D eigenvalue weighted by Gasteiger charge is 2.31. The predicted octanol–water partition coefficient (Wildman–Crippen LogP) is 2.42. The van der Waals surface area contributed by atoms with Crippen molar-refractivity contribution in [2.24, 2.45) is 0 Å². The van der Waals surface area contributed by atoms with Crippen molar-refractivity contribution in [3.8, 4) is 6.07 Å². The minimum absolute atomic E-state index is 0.118. The van der Waals surface area contributed by atoms with E-state index >= 15 is 0 Å². The molecule has 3 N–H and O–H groups in total. The van der Waals surface area contributed by atoms with Gasteiger partial charge in [-0.25, -0.2) is 4.79 Å². The number of nitrogens with zero attached hydrogens (tertiary/aromatic N) is 1. The fourth-order valence-electron chi connectivity index (χ4n) is 2.48. The number of amides is 1. The molecular weight excluding hydrogens is 377 g/mol. The minimum atomic E-state index is -4.56. The van der Waals surface area contributed by atoms with Crippen molar-refractivity contribution in [3.05, 3.63) is 70.8 Å². The third-order valence-electron chi connectivity index (χ3n) is 3.98. The first kappa shape index (κ1) is 20.9. The SMILES string of the molecule is N#Cc1ccccc1C[C@@H](NC(=O)[C@@H](O)c1ccc(C(F)(F)F)cc1)C(=O)O. The molecule has 0 aliphatic rings. The zero-order valence-corrected chi connectivity index (χ0v) is 14.3. The molecule has 0 aliphatic heterocycles. The van der Waals surface area contributed by atoms with Crippen molar-refractivity contribution in [2.75, 3.05) is 0 Å². The Morgan fingerprint density at radius 3 is 2.25 bits per heavy atom. The maximum Gasteiger partial charge on any atom is 0.416 e. The van der Waals surface area contributed by atoms with Crippen molar-refractivity contribution in [2.45, 2.75) is 24.7 Å². The molecule has 9 heteroatoms. The monoisotopic (exact) mass is 392 g/mol. The van der Waals surface area contributed by atoms with Gasteiger partial charge >= 0.3 is 12.1 Å². The Hall–Kier alpha value is -3.38. The second-order valence-corrected chi connectivity index (χ2v) is 5.89. The van der Waals surface area contributed by atoms with E-state index in [1.54, 1.807) is 12.1 Å². The second kappa shape index (κ2) is 8.54. The van der Waals surface area contributed by atoms with E-state index in [2.05, 4.69) is 5.32 Å². The summed E-state index contributed by atoms with van der Waals surface area (Å²) in [5.41, 5.74) is -0.430. The van der Waals surface area contributed by atoms with Gasteiger partial charge in [-0.1, -0.05) is 30.3 Å². The first-order valence-electron chi connectivity index (χ1n) is 8.00. The first-order chi connectivity index (χ1) is 13.1. The van der Waals surface area contributed by atoms with E-state index < -0.39 is 35.8 Å². The van der Waals surface area contributed by atoms with Crippen LogP contribution in [0.4, 0.5) is 13.2 Å². The number of rotatable bonds is 6. The standard InChI is InChI=1S/C19H15F3N2O4/c20-19(21,22)14-7-5-11(6-8-14)16(25)17(26)24-15(18(27)28)9-12-3-1-2-4-13(12)10-23/h1-8,15-16,25H,9H2,(H,24,26)(H,27,28)/t15-,16+/m1/s1. The lowest BCUT2D eigenvalue weighted by molar-refractivity contribution is -0.143. The van der Waals surface area contributed by atoms with Crippen LogP contribution >= 0.6 is 0 Å². The van der Waals surface area contributed by atoms with Gasteiger partial charge in [-0.3, -0.25) is 4.79 Å². The quantitative estimate of drug-likeness (QED) is 0.699. The number of carboxylic acid groups (broad SMARTS) is 1. The van der Waals surface area contributed by atoms with Crippen molar-refractivity contribution in [1.82, 2.24) is 5.32 Å². The van der Waals surface area contributed by atoms with Crippen molar-refractivity contribution in [3.63, 3.8) is 0 Å². The highest BCUT2D eigenvalue weighted by Crippen LogP contribution is 2.30. The van der Waals surface area contributed by atoms with E-state index in [1.165, 1.54) is 12.1 Å². The number of aliphatic hydroxyl groups is 1. The molecule has 0 spiro atoms. The average Bonchev–Trinajstić information content (AvgIpc) is 2.66. The summed E-state index contributed by atoms with van der Waals surface area (Å²) in [6, 6.07) is 10.0. The summed E-state index contributed by atoms with van der Waals surface area (Å²) in [6.45, 7) is 0. The summed E-state index contributed by atoms with van der Waals surface area (Å²) < 4.78 is 37.7. The molecule has 2 rings (SSSR count). The summed E-state index contributed by atoms with van der Waals surface area (Å²) in [6.07, 6.45) is -6.62. The lowest BCUT2D eigenvalue weighted by Gasteiger charge is -2.18. The molecule has 0 aromatic heterocycles. The Bertz CT molecular complexity index is 905. The molecule has 146 valence electrons. The third-order valence-corrected chi connectivity index (χ3v) is 3.98. The summed E-state index contributed by atoms with van der Waals surface area (Å²) >= 11 is 0. The van der Waals surface area contributed by atoms with Gasteiger partial charge in [-0.15, -0.1) is 0 Å². The van der Waals surface area contributed by atoms with Crippen LogP contribution in [0, 0.1) is 11.3 Å². The van der Waals surface area contributed by atoms with Crippen LogP contribution in [-0.2, 0) is 22.2 Å². The molecule has 1 amide bonds. The van der Waals surface area contributed by atoms with Gasteiger partial charge < -0.3 is 15.5 Å². The summed E-state index contributed by atoms with van der Waals surface area (Å²) in [5.74, 6) is -2.47. The molecule has 0 unspecified atom stereocenters. The van der Waals surface area contributed by atoms with E-state index in [9.17, 15) is 33.0 Å². The second-order valence-electron chi connectivity index (χ2n) is 5.89. The lowest BCUT2D eigenvalue weighted by atomic mass is 10.00. The highest BCUT2D eigenvalue weighted by atomic mass is 19.4. The third kappa shape index (κ3) is 5.08. The smallest absolute Gasteiger partial charge is 0.416 e. The number of aliphatic hydroxyl groups excluding tert-OH is 1. The van der Waals surface area contributed by atoms with Crippen LogP contribution in [0.15, 0.2) is 48.5 Å². The van der Waals surface area contributed by atoms with Crippen LogP contribution in [0.25, 0.3) is 0 Å². The number of benzene rings is 2. The number of hydrogen-bond acceptors (Lipinski definition) is 4. The molecule has 2 aromatic rings. The van der Waals surface area contributed by atoms with Crippen LogP contribution < -0.4 is 5.32 Å². The largest absolute Gasteiger partial charge is 0.480 e. The molecule has 0 saturated heterocycles. The number of halogens is 3. The van der Waals surface area contributed by atoms with Crippen molar-refractivity contribution in [1.29, 1.82) is 5.26 Å². The fourth-order valence-corrected chi connectivity index (χ4v) is 2.48. The van der Waals surface area contributed by atoms with E-state index in [0.29, 0.717) is 17.7 Å². The topological polar surface area (TPSA) is 110 Å². The van der Waals surface area contributed by atoms with Crippen LogP contribution in [0.2, 0.25) is 0 Å². The first-order valence-corrected chi connectivity index (χ1v) is 8.00. The van der Waals surface area contributed by atoms with E-state index in [0.717, 1.165) is 12.1 Å². The fraction of sp³-hybridized carbons (Fsp3) is 0.211. The van der Waals surface area contributed by atoms with Gasteiger partial charge in [0.2, 0.25) is 0 Å². The zero-order valence-electron chi connectivity index (χ0n) is 14.3. The van der Waals surface area contributed by atoms with Gasteiger partial charge in [0.25, 0.3) is 5.91 Å². The maximum absolute atomic E-state index is 12.6. The molecule has 0 saturated carbocycles. The summed E-state index contributed by atoms with van der Waals surface area (Å²) in [5, 5.41) is 30.6. The Morgan fingerprint density at radius 1 is 1.11 bits per heavy atom. The van der Waals surface area contributed by atoms with Gasteiger partial charge in [0, 0.05) is 6.42 Å². The van der Waals surface area contributed by atoms with Crippen molar-refractivity contribution < 1.29 is 33.0 Å². The van der Waals surface area contributed by atoms with E-state index in [4.69, 9.17) is 5.26 Å². The molecule has 6 nitrogen and oxygen atoms in total. The molecule has 0 heterocycles. The number of alkyl halides is 3. The molecule has 0 fully saturated rings. The van der Waals surface area contributed by atoms with Gasteiger partial charge in [-0.05, 0) is 29.3 Å². The number of nitrogens with one attached hydrogen (secondary N) is 1. The minimum Gasteiger partial charge on any atom is -0.480 e. The Balaban J connectivity index is 2.13. The predicted molar refractivity (Wildman–Crippen MR) is 90.8 cm³/mol. The number of aliphatic carboxylic acids is 1. The van der Waals surface area contributed by atoms with Crippen LogP contribution in [0.1, 0.15) is 28.4 Å². The number of nitriles is 1. The molecular formula is C19H15F3N2O4. The molecule has 0 bridgehead atoms. The molecule has 28 heavy (non-hydrogen) atoms. The molecule has 2 aromatic carbocycles. The number of carboxylic acids is 1. The van der Waals surface area contributed by atoms with Crippen LogP contribution in [0.3, 0.4) is 0 Å². The molecule has 0 radical (unpaired) electrons. The van der Waals surface area contributed by atoms with Gasteiger partial charge in [-0.2, -0.15) is 18.4 Å². The number of carbonyl (C=O) groups excluding carboxylic acids is 1.